The number of amides is 3. The number of hydrogen-bond donors (Lipinski definition) is 3. The first-order valence-electron chi connectivity index (χ1n) is 12.8. The number of anilines is 2. The van der Waals surface area contributed by atoms with Crippen LogP contribution < -0.4 is 26.4 Å². The van der Waals surface area contributed by atoms with E-state index in [9.17, 15) is 14.4 Å². The smallest absolute Gasteiger partial charge is 0.273 e. The maximum Gasteiger partial charge on any atom is 0.273 e. The summed E-state index contributed by atoms with van der Waals surface area (Å²) in [5, 5.41) is 3.19. The number of hydrogen-bond acceptors (Lipinski definition) is 7. The lowest BCUT2D eigenvalue weighted by Crippen LogP contribution is -2.47. The maximum atomic E-state index is 14.2. The van der Waals surface area contributed by atoms with Crippen molar-refractivity contribution in [2.75, 3.05) is 17.2 Å². The van der Waals surface area contributed by atoms with Crippen LogP contribution >= 0.6 is 11.5 Å². The molecule has 1 aromatic heterocycles. The first-order valence-corrected chi connectivity index (χ1v) is 13.6. The average Bonchev–Trinajstić information content (AvgIpc) is 3.30. The van der Waals surface area contributed by atoms with Gasteiger partial charge in [0.25, 0.3) is 11.8 Å². The number of ether oxygens (including phenoxy) is 1. The average molecular weight is 536 g/mol. The zero-order chi connectivity index (χ0) is 27.2. The molecule has 1 unspecified atom stereocenters. The SMILES string of the molecule is CCOc1ccc(C(C(=O)NC2CCCCC2)N(C(=O)c2snc(C(N)=O)c2N)c2ccccc2C)cc1. The zero-order valence-corrected chi connectivity index (χ0v) is 22.4. The summed E-state index contributed by atoms with van der Waals surface area (Å²) in [7, 11) is 0. The summed E-state index contributed by atoms with van der Waals surface area (Å²) in [6, 6.07) is 13.5. The largest absolute Gasteiger partial charge is 0.494 e. The van der Waals surface area contributed by atoms with Crippen LogP contribution in [-0.2, 0) is 4.79 Å². The third kappa shape index (κ3) is 5.80. The fourth-order valence-corrected chi connectivity index (χ4v) is 5.54. The second kappa shape index (κ2) is 12.1. The molecular weight excluding hydrogens is 502 g/mol. The van der Waals surface area contributed by atoms with Crippen LogP contribution in [0.25, 0.3) is 0 Å². The summed E-state index contributed by atoms with van der Waals surface area (Å²) in [5.41, 5.74) is 13.3. The van der Waals surface area contributed by atoms with Crippen molar-refractivity contribution in [2.45, 2.75) is 58.0 Å². The number of nitrogens with one attached hydrogen (secondary N) is 1. The van der Waals surface area contributed by atoms with Gasteiger partial charge in [-0.3, -0.25) is 19.3 Å². The van der Waals surface area contributed by atoms with Gasteiger partial charge in [-0.1, -0.05) is 49.6 Å². The molecule has 1 atom stereocenters. The van der Waals surface area contributed by atoms with Crippen LogP contribution in [0.4, 0.5) is 11.4 Å². The Hall–Kier alpha value is -3.92. The van der Waals surface area contributed by atoms with E-state index in [1.54, 1.807) is 30.3 Å². The second-order valence-corrected chi connectivity index (χ2v) is 10.1. The van der Waals surface area contributed by atoms with Gasteiger partial charge in [-0.2, -0.15) is 4.37 Å². The first kappa shape index (κ1) is 27.1. The molecule has 10 heteroatoms. The van der Waals surface area contributed by atoms with Crippen LogP contribution in [0.3, 0.4) is 0 Å². The third-order valence-electron chi connectivity index (χ3n) is 6.71. The molecule has 1 aliphatic rings. The summed E-state index contributed by atoms with van der Waals surface area (Å²) in [4.78, 5) is 41.5. The number of nitrogens with zero attached hydrogens (tertiary/aromatic N) is 2. The number of aromatic nitrogens is 1. The van der Waals surface area contributed by atoms with E-state index in [1.807, 2.05) is 32.0 Å². The zero-order valence-electron chi connectivity index (χ0n) is 21.6. The van der Waals surface area contributed by atoms with E-state index in [0.29, 0.717) is 23.6 Å². The van der Waals surface area contributed by atoms with Gasteiger partial charge in [0.15, 0.2) is 5.69 Å². The number of nitrogen functional groups attached to an aromatic ring is 1. The highest BCUT2D eigenvalue weighted by Crippen LogP contribution is 2.35. The van der Waals surface area contributed by atoms with Crippen LogP contribution in [0.1, 0.15) is 76.4 Å². The molecule has 9 nitrogen and oxygen atoms in total. The number of rotatable bonds is 9. The van der Waals surface area contributed by atoms with E-state index in [-0.39, 0.29) is 28.2 Å². The molecule has 0 saturated heterocycles. The molecule has 1 saturated carbocycles. The number of aryl methyl sites for hydroxylation is 1. The molecule has 1 fully saturated rings. The number of carbonyl (C=O) groups is 3. The molecule has 0 aliphatic heterocycles. The predicted molar refractivity (Wildman–Crippen MR) is 148 cm³/mol. The number of para-hydroxylation sites is 1. The normalized spacial score (nSPS) is 14.5. The minimum Gasteiger partial charge on any atom is -0.494 e. The number of benzene rings is 2. The van der Waals surface area contributed by atoms with Crippen molar-refractivity contribution in [1.29, 1.82) is 0 Å². The van der Waals surface area contributed by atoms with Crippen LogP contribution in [0.5, 0.6) is 5.75 Å². The summed E-state index contributed by atoms with van der Waals surface area (Å²) in [6.45, 7) is 4.27. The topological polar surface area (TPSA) is 141 Å². The summed E-state index contributed by atoms with van der Waals surface area (Å²) >= 11 is 0.792. The fourth-order valence-electron chi connectivity index (χ4n) is 4.80. The minimum absolute atomic E-state index is 0.0326. The van der Waals surface area contributed by atoms with Gasteiger partial charge < -0.3 is 21.5 Å². The van der Waals surface area contributed by atoms with Gasteiger partial charge in [0.05, 0.1) is 12.3 Å². The highest BCUT2D eigenvalue weighted by atomic mass is 32.1. The molecular formula is C28H33N5O4S. The second-order valence-electron chi connectivity index (χ2n) is 9.35. The van der Waals surface area contributed by atoms with Crippen LogP contribution in [0, 0.1) is 6.92 Å². The van der Waals surface area contributed by atoms with Crippen molar-refractivity contribution in [2.24, 2.45) is 5.73 Å². The van der Waals surface area contributed by atoms with Crippen molar-refractivity contribution in [3.05, 3.63) is 70.2 Å². The molecule has 0 bridgehead atoms. The predicted octanol–water partition coefficient (Wildman–Crippen LogP) is 4.37. The first-order chi connectivity index (χ1) is 18.3. The minimum atomic E-state index is -1.01. The van der Waals surface area contributed by atoms with E-state index in [4.69, 9.17) is 16.2 Å². The molecule has 2 aromatic carbocycles. The highest BCUT2D eigenvalue weighted by Gasteiger charge is 2.37. The standard InChI is InChI=1S/C28H33N5O4S/c1-3-37-20-15-13-18(14-16-20)24(27(35)31-19-10-5-4-6-11-19)33(21-12-8-7-9-17(21)2)28(36)25-22(29)23(26(30)34)32-38-25/h7-9,12-16,19,24H,3-6,10-11,29H2,1-2H3,(H2,30,34)(H,31,35). The Kier molecular flexibility index (Phi) is 8.62. The molecule has 200 valence electrons. The monoisotopic (exact) mass is 535 g/mol. The van der Waals surface area contributed by atoms with E-state index in [1.165, 1.54) is 4.90 Å². The van der Waals surface area contributed by atoms with Gasteiger partial charge in [-0.05, 0) is 67.5 Å². The van der Waals surface area contributed by atoms with Crippen molar-refractivity contribution in [3.63, 3.8) is 0 Å². The highest BCUT2D eigenvalue weighted by molar-refractivity contribution is 7.09. The van der Waals surface area contributed by atoms with Gasteiger partial charge in [-0.15, -0.1) is 0 Å². The Morgan fingerprint density at radius 3 is 2.39 bits per heavy atom. The molecule has 5 N–H and O–H groups in total. The fraction of sp³-hybridized carbons (Fsp3) is 0.357. The Bertz CT molecular complexity index is 1300. The van der Waals surface area contributed by atoms with Crippen LogP contribution in [0.2, 0.25) is 0 Å². The molecule has 0 radical (unpaired) electrons. The number of nitrogens with two attached hydrogens (primary N) is 2. The molecule has 38 heavy (non-hydrogen) atoms. The molecule has 0 spiro atoms. The van der Waals surface area contributed by atoms with Gasteiger partial charge in [0.1, 0.15) is 16.7 Å². The maximum absolute atomic E-state index is 14.2. The van der Waals surface area contributed by atoms with Crippen molar-refractivity contribution < 1.29 is 19.1 Å². The Morgan fingerprint density at radius 1 is 1.11 bits per heavy atom. The lowest BCUT2D eigenvalue weighted by Gasteiger charge is -2.34. The Balaban J connectivity index is 1.84. The molecule has 3 amide bonds. The van der Waals surface area contributed by atoms with E-state index < -0.39 is 17.9 Å². The molecule has 1 aliphatic carbocycles. The van der Waals surface area contributed by atoms with E-state index >= 15 is 0 Å². The van der Waals surface area contributed by atoms with Crippen LogP contribution in [-0.4, -0.2) is 34.7 Å². The van der Waals surface area contributed by atoms with E-state index in [2.05, 4.69) is 9.69 Å². The van der Waals surface area contributed by atoms with Crippen molar-refractivity contribution in [3.8, 4) is 5.75 Å². The van der Waals surface area contributed by atoms with Gasteiger partial charge in [0.2, 0.25) is 5.91 Å². The van der Waals surface area contributed by atoms with Crippen molar-refractivity contribution >= 4 is 40.6 Å². The van der Waals surface area contributed by atoms with E-state index in [0.717, 1.165) is 49.2 Å². The number of primary amides is 1. The lowest BCUT2D eigenvalue weighted by molar-refractivity contribution is -0.123. The Morgan fingerprint density at radius 2 is 1.79 bits per heavy atom. The third-order valence-corrected chi connectivity index (χ3v) is 7.57. The summed E-state index contributed by atoms with van der Waals surface area (Å²) in [6.07, 6.45) is 5.03. The van der Waals surface area contributed by atoms with Gasteiger partial charge in [-0.25, -0.2) is 0 Å². The quantitative estimate of drug-likeness (QED) is 0.372. The molecule has 4 rings (SSSR count). The summed E-state index contributed by atoms with van der Waals surface area (Å²) in [5.74, 6) is -0.997. The van der Waals surface area contributed by atoms with Crippen molar-refractivity contribution in [1.82, 2.24) is 9.69 Å². The summed E-state index contributed by atoms with van der Waals surface area (Å²) < 4.78 is 9.61. The van der Waals surface area contributed by atoms with Crippen LogP contribution in [0.15, 0.2) is 48.5 Å². The Labute approximate surface area is 226 Å². The number of carbonyl (C=O) groups excluding carboxylic acids is 3. The molecule has 1 heterocycles. The van der Waals surface area contributed by atoms with Gasteiger partial charge >= 0.3 is 0 Å². The molecule has 3 aromatic rings. The lowest BCUT2D eigenvalue weighted by atomic mass is 9.94. The van der Waals surface area contributed by atoms with Gasteiger partial charge in [0, 0.05) is 11.7 Å².